The monoisotopic (exact) mass is 380 g/mol. The first kappa shape index (κ1) is 19.1. The van der Waals surface area contributed by atoms with E-state index in [0.29, 0.717) is 29.4 Å². The van der Waals surface area contributed by atoms with Gasteiger partial charge in [-0.25, -0.2) is 5.10 Å². The van der Waals surface area contributed by atoms with Crippen LogP contribution in [-0.2, 0) is 22.6 Å². The number of fused-ring (bicyclic) bond motifs is 1. The fourth-order valence-electron chi connectivity index (χ4n) is 2.85. The van der Waals surface area contributed by atoms with E-state index >= 15 is 0 Å². The van der Waals surface area contributed by atoms with Crippen molar-refractivity contribution in [1.29, 1.82) is 0 Å². The number of carbonyl (C=O) groups is 2. The molecule has 8 heteroatoms. The summed E-state index contributed by atoms with van der Waals surface area (Å²) in [6.45, 7) is 0.322. The molecule has 0 saturated carbocycles. The number of benzene rings is 2. The van der Waals surface area contributed by atoms with Crippen molar-refractivity contribution in [3.63, 3.8) is 0 Å². The third kappa shape index (κ3) is 4.35. The van der Waals surface area contributed by atoms with Crippen molar-refractivity contribution in [3.8, 4) is 5.75 Å². The van der Waals surface area contributed by atoms with E-state index in [2.05, 4.69) is 20.8 Å². The van der Waals surface area contributed by atoms with E-state index in [4.69, 9.17) is 4.74 Å². The van der Waals surface area contributed by atoms with Gasteiger partial charge in [0.15, 0.2) is 0 Å². The third-order valence-electron chi connectivity index (χ3n) is 4.27. The highest BCUT2D eigenvalue weighted by atomic mass is 16.5. The molecular formula is C20H20N4O4. The van der Waals surface area contributed by atoms with E-state index in [1.165, 1.54) is 0 Å². The van der Waals surface area contributed by atoms with Crippen molar-refractivity contribution in [1.82, 2.24) is 20.8 Å². The molecule has 0 radical (unpaired) electrons. The maximum atomic E-state index is 12.0. The number of aromatic amines is 1. The predicted molar refractivity (Wildman–Crippen MR) is 104 cm³/mol. The number of ether oxygens (including phenoxy) is 1. The number of carbonyl (C=O) groups excluding carboxylic acids is 2. The Morgan fingerprint density at radius 1 is 1.00 bits per heavy atom. The molecule has 0 saturated heterocycles. The summed E-state index contributed by atoms with van der Waals surface area (Å²) >= 11 is 0. The van der Waals surface area contributed by atoms with Crippen LogP contribution in [0.2, 0.25) is 0 Å². The van der Waals surface area contributed by atoms with Crippen molar-refractivity contribution in [2.75, 3.05) is 13.7 Å². The van der Waals surface area contributed by atoms with Gasteiger partial charge in [0.2, 0.25) is 0 Å². The van der Waals surface area contributed by atoms with Crippen molar-refractivity contribution in [3.05, 3.63) is 70.1 Å². The van der Waals surface area contributed by atoms with E-state index in [-0.39, 0.29) is 12.1 Å². The minimum atomic E-state index is -0.767. The van der Waals surface area contributed by atoms with Crippen molar-refractivity contribution in [2.45, 2.75) is 13.0 Å². The van der Waals surface area contributed by atoms with E-state index in [1.54, 1.807) is 31.4 Å². The quantitative estimate of drug-likeness (QED) is 0.550. The summed E-state index contributed by atoms with van der Waals surface area (Å²) in [5.74, 6) is -0.766. The van der Waals surface area contributed by atoms with Gasteiger partial charge in [-0.1, -0.05) is 36.4 Å². The number of methoxy groups -OCH3 is 1. The highest BCUT2D eigenvalue weighted by Gasteiger charge is 2.14. The van der Waals surface area contributed by atoms with Crippen LogP contribution in [-0.4, -0.2) is 35.7 Å². The predicted octanol–water partition coefficient (Wildman–Crippen LogP) is 0.907. The molecule has 144 valence electrons. The Morgan fingerprint density at radius 3 is 2.46 bits per heavy atom. The van der Waals surface area contributed by atoms with E-state index < -0.39 is 11.8 Å². The number of H-pyrrole nitrogens is 1. The average Bonchev–Trinajstić information content (AvgIpc) is 2.73. The molecule has 2 aromatic carbocycles. The zero-order valence-corrected chi connectivity index (χ0v) is 15.3. The maximum Gasteiger partial charge on any atom is 0.309 e. The molecule has 0 bridgehead atoms. The van der Waals surface area contributed by atoms with Gasteiger partial charge in [0.25, 0.3) is 5.56 Å². The van der Waals surface area contributed by atoms with Crippen LogP contribution in [0, 0.1) is 0 Å². The van der Waals surface area contributed by atoms with Gasteiger partial charge in [-0.05, 0) is 24.1 Å². The SMILES string of the molecule is COc1ccccc1CCNC(=O)C(=O)NCc1n[nH]c(=O)c2ccccc12. The lowest BCUT2D eigenvalue weighted by molar-refractivity contribution is -0.139. The van der Waals surface area contributed by atoms with E-state index in [9.17, 15) is 14.4 Å². The number of nitrogens with one attached hydrogen (secondary N) is 3. The number of amides is 2. The fraction of sp³-hybridized carbons (Fsp3) is 0.200. The molecule has 28 heavy (non-hydrogen) atoms. The first-order valence-corrected chi connectivity index (χ1v) is 8.74. The minimum absolute atomic E-state index is 0.0239. The summed E-state index contributed by atoms with van der Waals surface area (Å²) < 4.78 is 5.26. The lowest BCUT2D eigenvalue weighted by Gasteiger charge is -2.09. The van der Waals surface area contributed by atoms with Gasteiger partial charge in [0.1, 0.15) is 5.75 Å². The van der Waals surface area contributed by atoms with Gasteiger partial charge in [-0.3, -0.25) is 14.4 Å². The molecule has 1 heterocycles. The number of para-hydroxylation sites is 1. The van der Waals surface area contributed by atoms with Crippen LogP contribution >= 0.6 is 0 Å². The topological polar surface area (TPSA) is 113 Å². The summed E-state index contributed by atoms with van der Waals surface area (Å²) in [5, 5.41) is 12.6. The second kappa shape index (κ2) is 8.81. The fourth-order valence-corrected chi connectivity index (χ4v) is 2.85. The lowest BCUT2D eigenvalue weighted by atomic mass is 10.1. The molecule has 0 aliphatic carbocycles. The van der Waals surface area contributed by atoms with Gasteiger partial charge in [-0.15, -0.1) is 0 Å². The largest absolute Gasteiger partial charge is 0.496 e. The standard InChI is InChI=1S/C20H20N4O4/c1-28-17-9-5-2-6-13(17)10-11-21-19(26)20(27)22-12-16-14-7-3-4-8-15(14)18(25)24-23-16/h2-9H,10-12H2,1H3,(H,21,26)(H,22,27)(H,24,25). The van der Waals surface area contributed by atoms with Crippen LogP contribution in [0.5, 0.6) is 5.75 Å². The summed E-state index contributed by atoms with van der Waals surface area (Å²) in [7, 11) is 1.58. The highest BCUT2D eigenvalue weighted by molar-refractivity contribution is 6.35. The number of rotatable bonds is 6. The number of aromatic nitrogens is 2. The molecule has 1 aromatic heterocycles. The molecular weight excluding hydrogens is 360 g/mol. The summed E-state index contributed by atoms with van der Waals surface area (Å²) in [6.07, 6.45) is 0.537. The number of hydrogen-bond acceptors (Lipinski definition) is 5. The van der Waals surface area contributed by atoms with Gasteiger partial charge >= 0.3 is 11.8 Å². The molecule has 3 aromatic rings. The molecule has 3 N–H and O–H groups in total. The number of hydrogen-bond donors (Lipinski definition) is 3. The van der Waals surface area contributed by atoms with Gasteiger partial charge in [-0.2, -0.15) is 5.10 Å². The number of nitrogens with zero attached hydrogens (tertiary/aromatic N) is 1. The Labute approximate surface area is 160 Å². The van der Waals surface area contributed by atoms with Crippen LogP contribution in [0.3, 0.4) is 0 Å². The van der Waals surface area contributed by atoms with E-state index in [0.717, 1.165) is 11.3 Å². The molecule has 8 nitrogen and oxygen atoms in total. The summed E-state index contributed by atoms with van der Waals surface area (Å²) in [6, 6.07) is 14.4. The third-order valence-corrected chi connectivity index (χ3v) is 4.27. The first-order chi connectivity index (χ1) is 13.6. The highest BCUT2D eigenvalue weighted by Crippen LogP contribution is 2.17. The van der Waals surface area contributed by atoms with Crippen molar-refractivity contribution in [2.24, 2.45) is 0 Å². The van der Waals surface area contributed by atoms with Crippen LogP contribution in [0.15, 0.2) is 53.3 Å². The Balaban J connectivity index is 1.55. The summed E-state index contributed by atoms with van der Waals surface area (Å²) in [5.41, 5.74) is 1.11. The second-order valence-electron chi connectivity index (χ2n) is 6.05. The minimum Gasteiger partial charge on any atom is -0.496 e. The Bertz CT molecular complexity index is 1060. The average molecular weight is 380 g/mol. The molecule has 0 fully saturated rings. The van der Waals surface area contributed by atoms with Crippen LogP contribution in [0.1, 0.15) is 11.3 Å². The van der Waals surface area contributed by atoms with Crippen LogP contribution < -0.4 is 20.9 Å². The molecule has 2 amide bonds. The van der Waals surface area contributed by atoms with Crippen molar-refractivity contribution < 1.29 is 14.3 Å². The normalized spacial score (nSPS) is 10.5. The smallest absolute Gasteiger partial charge is 0.309 e. The van der Waals surface area contributed by atoms with E-state index in [1.807, 2.05) is 24.3 Å². The molecule has 0 aliphatic rings. The zero-order chi connectivity index (χ0) is 19.9. The Morgan fingerprint density at radius 2 is 1.68 bits per heavy atom. The first-order valence-electron chi connectivity index (χ1n) is 8.74. The molecule has 3 rings (SSSR count). The molecule has 0 aliphatic heterocycles. The summed E-state index contributed by atoms with van der Waals surface area (Å²) in [4.78, 5) is 35.8. The maximum absolute atomic E-state index is 12.0. The van der Waals surface area contributed by atoms with Gasteiger partial charge < -0.3 is 15.4 Å². The molecule has 0 spiro atoms. The molecule has 0 unspecified atom stereocenters. The molecule has 0 atom stereocenters. The Kier molecular flexibility index (Phi) is 6.01. The van der Waals surface area contributed by atoms with Crippen LogP contribution in [0.25, 0.3) is 10.8 Å². The Hall–Kier alpha value is -3.68. The van der Waals surface area contributed by atoms with Gasteiger partial charge in [0, 0.05) is 11.9 Å². The second-order valence-corrected chi connectivity index (χ2v) is 6.05. The van der Waals surface area contributed by atoms with Crippen molar-refractivity contribution >= 4 is 22.6 Å². The van der Waals surface area contributed by atoms with Crippen LogP contribution in [0.4, 0.5) is 0 Å². The lowest BCUT2D eigenvalue weighted by Crippen LogP contribution is -2.40. The van der Waals surface area contributed by atoms with Gasteiger partial charge in [0.05, 0.1) is 24.7 Å². The zero-order valence-electron chi connectivity index (χ0n) is 15.3.